The summed E-state index contributed by atoms with van der Waals surface area (Å²) in [6.07, 6.45) is 2.20. The molecule has 2 heterocycles. The lowest BCUT2D eigenvalue weighted by Gasteiger charge is -2.34. The van der Waals surface area contributed by atoms with E-state index < -0.39 is 0 Å². The van der Waals surface area contributed by atoms with Gasteiger partial charge in [-0.15, -0.1) is 0 Å². The normalized spacial score (nSPS) is 15.3. The van der Waals surface area contributed by atoms with E-state index in [-0.39, 0.29) is 5.91 Å². The van der Waals surface area contributed by atoms with Crippen LogP contribution in [0.2, 0.25) is 0 Å². The first-order valence-corrected chi connectivity index (χ1v) is 8.91. The monoisotopic (exact) mass is 361 g/mol. The highest BCUT2D eigenvalue weighted by atomic mass is 16.5. The van der Waals surface area contributed by atoms with Crippen molar-refractivity contribution in [2.75, 3.05) is 54.1 Å². The molecule has 0 spiro atoms. The number of aromatic amines is 1. The molecule has 26 heavy (non-hydrogen) atoms. The molecule has 7 nitrogen and oxygen atoms in total. The third kappa shape index (κ3) is 3.31. The van der Waals surface area contributed by atoms with Gasteiger partial charge in [0.1, 0.15) is 0 Å². The van der Waals surface area contributed by atoms with Crippen LogP contribution in [0.5, 0.6) is 17.2 Å². The Kier molecular flexibility index (Phi) is 5.56. The summed E-state index contributed by atoms with van der Waals surface area (Å²) in [4.78, 5) is 20.3. The standard InChI is InChI=1S/C19H27N3O4/c1-5-21-6-8-22(9-7-21)16(23)10-13-12-20-14-11-15(24-2)18(25-3)19(26-4)17(13)14/h11-12,20H,5-10H2,1-4H3. The summed E-state index contributed by atoms with van der Waals surface area (Å²) in [7, 11) is 4.77. The summed E-state index contributed by atoms with van der Waals surface area (Å²) in [5.41, 5.74) is 1.76. The molecule has 0 atom stereocenters. The second-order valence-corrected chi connectivity index (χ2v) is 6.37. The number of hydrogen-bond donors (Lipinski definition) is 1. The van der Waals surface area contributed by atoms with E-state index in [1.54, 1.807) is 21.3 Å². The highest BCUT2D eigenvalue weighted by molar-refractivity contribution is 5.96. The number of benzene rings is 1. The minimum Gasteiger partial charge on any atom is -0.493 e. The number of fused-ring (bicyclic) bond motifs is 1. The van der Waals surface area contributed by atoms with Gasteiger partial charge in [0, 0.05) is 43.8 Å². The summed E-state index contributed by atoms with van der Waals surface area (Å²) in [6.45, 7) is 6.61. The van der Waals surface area contributed by atoms with Gasteiger partial charge in [-0.05, 0) is 12.1 Å². The average Bonchev–Trinajstić information content (AvgIpc) is 3.08. The quantitative estimate of drug-likeness (QED) is 0.851. The minimum atomic E-state index is 0.137. The Morgan fingerprint density at radius 3 is 2.35 bits per heavy atom. The van der Waals surface area contributed by atoms with Crippen LogP contribution in [0.15, 0.2) is 12.3 Å². The number of carbonyl (C=O) groups is 1. The van der Waals surface area contributed by atoms with Gasteiger partial charge in [0.15, 0.2) is 11.5 Å². The molecule has 3 rings (SSSR count). The maximum Gasteiger partial charge on any atom is 0.227 e. The van der Waals surface area contributed by atoms with E-state index in [1.807, 2.05) is 17.2 Å². The molecule has 1 amide bonds. The van der Waals surface area contributed by atoms with Gasteiger partial charge in [-0.2, -0.15) is 0 Å². The number of nitrogens with one attached hydrogen (secondary N) is 1. The van der Waals surface area contributed by atoms with Crippen molar-refractivity contribution in [1.82, 2.24) is 14.8 Å². The summed E-state index contributed by atoms with van der Waals surface area (Å²) >= 11 is 0. The number of ether oxygens (including phenoxy) is 3. The Morgan fingerprint density at radius 1 is 1.08 bits per heavy atom. The Hall–Kier alpha value is -2.41. The molecule has 2 aromatic rings. The van der Waals surface area contributed by atoms with Crippen LogP contribution in [0, 0.1) is 0 Å². The average molecular weight is 361 g/mol. The van der Waals surface area contributed by atoms with E-state index in [9.17, 15) is 4.79 Å². The maximum atomic E-state index is 12.8. The molecule has 0 saturated carbocycles. The molecule has 0 aliphatic carbocycles. The van der Waals surface area contributed by atoms with Crippen LogP contribution in [0.25, 0.3) is 10.9 Å². The third-order valence-electron chi connectivity index (χ3n) is 5.07. The van der Waals surface area contributed by atoms with E-state index in [1.165, 1.54) is 0 Å². The van der Waals surface area contributed by atoms with E-state index >= 15 is 0 Å². The lowest BCUT2D eigenvalue weighted by molar-refractivity contribution is -0.132. The zero-order chi connectivity index (χ0) is 18.7. The van der Waals surface area contributed by atoms with Crippen molar-refractivity contribution in [3.05, 3.63) is 17.8 Å². The predicted octanol–water partition coefficient (Wildman–Crippen LogP) is 1.90. The third-order valence-corrected chi connectivity index (χ3v) is 5.07. The van der Waals surface area contributed by atoms with Crippen LogP contribution in [0.1, 0.15) is 12.5 Å². The van der Waals surface area contributed by atoms with Crippen molar-refractivity contribution < 1.29 is 19.0 Å². The molecule has 1 aromatic heterocycles. The zero-order valence-corrected chi connectivity index (χ0v) is 15.9. The molecule has 1 saturated heterocycles. The molecule has 7 heteroatoms. The topological polar surface area (TPSA) is 67.0 Å². The van der Waals surface area contributed by atoms with Gasteiger partial charge < -0.3 is 29.0 Å². The summed E-state index contributed by atoms with van der Waals surface area (Å²) in [6, 6.07) is 1.87. The molecule has 142 valence electrons. The number of likely N-dealkylation sites (N-methyl/N-ethyl adjacent to an activating group) is 1. The number of H-pyrrole nitrogens is 1. The molecule has 0 unspecified atom stereocenters. The Balaban J connectivity index is 1.88. The lowest BCUT2D eigenvalue weighted by atomic mass is 10.1. The van der Waals surface area contributed by atoms with Gasteiger partial charge in [-0.25, -0.2) is 0 Å². The molecule has 1 N–H and O–H groups in total. The minimum absolute atomic E-state index is 0.137. The fourth-order valence-corrected chi connectivity index (χ4v) is 3.55. The van der Waals surface area contributed by atoms with Gasteiger partial charge in [0.05, 0.1) is 33.3 Å². The van der Waals surface area contributed by atoms with Gasteiger partial charge in [0.25, 0.3) is 0 Å². The number of methoxy groups -OCH3 is 3. The largest absolute Gasteiger partial charge is 0.493 e. The molecule has 1 fully saturated rings. The van der Waals surface area contributed by atoms with Crippen LogP contribution < -0.4 is 14.2 Å². The first-order valence-electron chi connectivity index (χ1n) is 8.91. The van der Waals surface area contributed by atoms with Crippen molar-refractivity contribution in [2.45, 2.75) is 13.3 Å². The van der Waals surface area contributed by atoms with E-state index in [0.717, 1.165) is 49.2 Å². The van der Waals surface area contributed by atoms with Gasteiger partial charge in [0.2, 0.25) is 11.7 Å². The molecule has 1 aliphatic heterocycles. The SMILES string of the molecule is CCN1CCN(C(=O)Cc2c[nH]c3cc(OC)c(OC)c(OC)c23)CC1. The number of hydrogen-bond acceptors (Lipinski definition) is 5. The van der Waals surface area contributed by atoms with Crippen molar-refractivity contribution in [2.24, 2.45) is 0 Å². The van der Waals surface area contributed by atoms with E-state index in [0.29, 0.717) is 23.7 Å². The van der Waals surface area contributed by atoms with Crippen molar-refractivity contribution in [3.63, 3.8) is 0 Å². The number of carbonyl (C=O) groups excluding carboxylic acids is 1. The highest BCUT2D eigenvalue weighted by Crippen LogP contribution is 2.44. The molecule has 0 radical (unpaired) electrons. The molecule has 1 aromatic carbocycles. The number of aromatic nitrogens is 1. The van der Waals surface area contributed by atoms with Crippen molar-refractivity contribution in [1.29, 1.82) is 0 Å². The molecular formula is C19H27N3O4. The van der Waals surface area contributed by atoms with Crippen molar-refractivity contribution >= 4 is 16.8 Å². The summed E-state index contributed by atoms with van der Waals surface area (Å²) in [5.74, 6) is 1.85. The Morgan fingerprint density at radius 2 is 1.77 bits per heavy atom. The van der Waals surface area contributed by atoms with E-state index in [4.69, 9.17) is 14.2 Å². The summed E-state index contributed by atoms with van der Waals surface area (Å²) < 4.78 is 16.4. The number of amides is 1. The first-order chi connectivity index (χ1) is 12.6. The highest BCUT2D eigenvalue weighted by Gasteiger charge is 2.24. The number of rotatable bonds is 6. The smallest absolute Gasteiger partial charge is 0.227 e. The van der Waals surface area contributed by atoms with E-state index in [2.05, 4.69) is 16.8 Å². The number of nitrogens with zero attached hydrogens (tertiary/aromatic N) is 2. The fraction of sp³-hybridized carbons (Fsp3) is 0.526. The van der Waals surface area contributed by atoms with Crippen LogP contribution in [0.3, 0.4) is 0 Å². The first kappa shape index (κ1) is 18.4. The molecular weight excluding hydrogens is 334 g/mol. The van der Waals surface area contributed by atoms with Gasteiger partial charge in [-0.1, -0.05) is 6.92 Å². The zero-order valence-electron chi connectivity index (χ0n) is 15.9. The maximum absolute atomic E-state index is 12.8. The van der Waals surface area contributed by atoms with Crippen LogP contribution in [-0.2, 0) is 11.2 Å². The van der Waals surface area contributed by atoms with Crippen molar-refractivity contribution in [3.8, 4) is 17.2 Å². The molecule has 1 aliphatic rings. The Bertz CT molecular complexity index is 779. The van der Waals surface area contributed by atoms with Gasteiger partial charge >= 0.3 is 0 Å². The van der Waals surface area contributed by atoms with Crippen LogP contribution >= 0.6 is 0 Å². The second kappa shape index (κ2) is 7.86. The van der Waals surface area contributed by atoms with Gasteiger partial charge in [-0.3, -0.25) is 4.79 Å². The second-order valence-electron chi connectivity index (χ2n) is 6.37. The van der Waals surface area contributed by atoms with Crippen LogP contribution in [-0.4, -0.2) is 74.7 Å². The number of piperazine rings is 1. The fourth-order valence-electron chi connectivity index (χ4n) is 3.55. The predicted molar refractivity (Wildman–Crippen MR) is 100 cm³/mol. The Labute approximate surface area is 153 Å². The molecule has 0 bridgehead atoms. The lowest BCUT2D eigenvalue weighted by Crippen LogP contribution is -2.48. The van der Waals surface area contributed by atoms with Crippen LogP contribution in [0.4, 0.5) is 0 Å². The summed E-state index contributed by atoms with van der Waals surface area (Å²) in [5, 5.41) is 0.866.